The number of fused-ring (bicyclic) bond motifs is 1. The highest BCUT2D eigenvalue weighted by atomic mass is 35.5. The lowest BCUT2D eigenvalue weighted by molar-refractivity contribution is -0.0435. The molecule has 4 heterocycles. The van der Waals surface area contributed by atoms with Crippen LogP contribution in [0.15, 0.2) is 112 Å². The Labute approximate surface area is 387 Å². The van der Waals surface area contributed by atoms with E-state index >= 15 is 0 Å². The first-order chi connectivity index (χ1) is 31.1. The van der Waals surface area contributed by atoms with Crippen LogP contribution in [-0.4, -0.2) is 122 Å². The minimum Gasteiger partial charge on any atom is -0.380 e. The standard InChI is InChI=1S/C45H52ClF3N8O5S3/c1-32-27-37(18-20-55(32)29-34-7-5-6-10-40(34)33-11-13-35(46)14-12-33)56-21-22-57-43(30-56)51-52-44(57)53-65(60,61)39-15-16-41(42(28-39)64(58,59)45(47,48)49)50-36(17-19-54-23-25-62-26-24-54)31-63-38-8-3-2-4-9-38/h2-16,28,32,36-37,50H,17-27,29-31H2,1H3,(H,52,53)/t32-,36+,37-/m0/s1. The van der Waals surface area contributed by atoms with Gasteiger partial charge in [0, 0.05) is 79.6 Å². The molecule has 3 atom stereocenters. The summed E-state index contributed by atoms with van der Waals surface area (Å²) in [5.74, 6) is 0.832. The fourth-order valence-electron chi connectivity index (χ4n) is 8.72. The largest absolute Gasteiger partial charge is 0.501 e. The molecule has 2 fully saturated rings. The molecule has 5 aromatic rings. The van der Waals surface area contributed by atoms with Crippen molar-refractivity contribution in [2.24, 2.45) is 0 Å². The number of thioether (sulfide) groups is 1. The Morgan fingerprint density at radius 2 is 1.63 bits per heavy atom. The van der Waals surface area contributed by atoms with Crippen LogP contribution in [0.4, 0.5) is 24.8 Å². The van der Waals surface area contributed by atoms with E-state index < -0.39 is 41.2 Å². The van der Waals surface area contributed by atoms with Gasteiger partial charge in [0.25, 0.3) is 19.9 Å². The number of ether oxygens (including phenoxy) is 1. The number of alkyl halides is 3. The molecule has 1 aromatic heterocycles. The van der Waals surface area contributed by atoms with Crippen molar-refractivity contribution >= 4 is 54.9 Å². The molecule has 20 heteroatoms. The smallest absolute Gasteiger partial charge is 0.380 e. The van der Waals surface area contributed by atoms with Crippen molar-refractivity contribution in [2.45, 2.75) is 84.1 Å². The van der Waals surface area contributed by atoms with Crippen molar-refractivity contribution in [3.8, 4) is 11.1 Å². The molecule has 3 aliphatic rings. The average Bonchev–Trinajstić information content (AvgIpc) is 3.69. The number of piperidine rings is 1. The van der Waals surface area contributed by atoms with Gasteiger partial charge >= 0.3 is 5.51 Å². The zero-order chi connectivity index (χ0) is 45.8. The van der Waals surface area contributed by atoms with E-state index in [1.807, 2.05) is 60.7 Å². The molecule has 348 valence electrons. The van der Waals surface area contributed by atoms with Crippen molar-refractivity contribution in [3.05, 3.63) is 113 Å². The molecular weight excluding hydrogens is 921 g/mol. The van der Waals surface area contributed by atoms with Crippen LogP contribution in [0.2, 0.25) is 5.02 Å². The third-order valence-corrected chi connectivity index (χ3v) is 16.6. The average molecular weight is 974 g/mol. The number of sulfone groups is 1. The minimum absolute atomic E-state index is 0.106. The maximum Gasteiger partial charge on any atom is 0.501 e. The molecule has 4 aromatic carbocycles. The van der Waals surface area contributed by atoms with E-state index in [0.29, 0.717) is 81.6 Å². The monoisotopic (exact) mass is 972 g/mol. The van der Waals surface area contributed by atoms with E-state index in [1.54, 1.807) is 4.57 Å². The Hall–Kier alpha value is -4.21. The predicted molar refractivity (Wildman–Crippen MR) is 247 cm³/mol. The normalized spacial score (nSPS) is 19.7. The molecule has 0 amide bonds. The molecule has 0 bridgehead atoms. The number of benzene rings is 4. The maximum absolute atomic E-state index is 14.3. The molecule has 0 spiro atoms. The van der Waals surface area contributed by atoms with E-state index in [0.717, 1.165) is 48.5 Å². The second-order valence-electron chi connectivity index (χ2n) is 16.6. The number of halogens is 4. The Bertz CT molecular complexity index is 2640. The number of hydrogen-bond acceptors (Lipinski definition) is 12. The molecule has 3 aliphatic heterocycles. The van der Waals surface area contributed by atoms with Gasteiger partial charge in [0.05, 0.1) is 30.3 Å². The highest BCUT2D eigenvalue weighted by Crippen LogP contribution is 2.37. The fraction of sp³-hybridized carbons (Fsp3) is 0.422. The van der Waals surface area contributed by atoms with Gasteiger partial charge in [-0.2, -0.15) is 13.2 Å². The van der Waals surface area contributed by atoms with Crippen LogP contribution in [0.25, 0.3) is 11.1 Å². The molecule has 13 nitrogen and oxygen atoms in total. The zero-order valence-electron chi connectivity index (χ0n) is 35.8. The first kappa shape index (κ1) is 47.3. The summed E-state index contributed by atoms with van der Waals surface area (Å²) in [6, 6.07) is 28.6. The van der Waals surface area contributed by atoms with Crippen LogP contribution in [0, 0.1) is 0 Å². The molecular formula is C45H52ClF3N8O5S3. The lowest BCUT2D eigenvalue weighted by atomic mass is 9.94. The van der Waals surface area contributed by atoms with Crippen molar-refractivity contribution in [3.63, 3.8) is 0 Å². The van der Waals surface area contributed by atoms with Crippen LogP contribution in [-0.2, 0) is 44.2 Å². The van der Waals surface area contributed by atoms with Crippen LogP contribution in [0.5, 0.6) is 0 Å². The topological polar surface area (TPSA) is 142 Å². The number of nitrogens with zero attached hydrogens (tertiary/aromatic N) is 6. The van der Waals surface area contributed by atoms with Crippen molar-refractivity contribution < 1.29 is 34.7 Å². The summed E-state index contributed by atoms with van der Waals surface area (Å²) in [6.45, 7) is 8.43. The van der Waals surface area contributed by atoms with Crippen molar-refractivity contribution in [2.75, 3.05) is 61.7 Å². The second-order valence-corrected chi connectivity index (χ2v) is 21.8. The van der Waals surface area contributed by atoms with E-state index in [-0.39, 0.29) is 23.7 Å². The number of rotatable bonds is 16. The first-order valence-corrected chi connectivity index (χ1v) is 25.9. The molecule has 0 radical (unpaired) electrons. The number of sulfonamides is 1. The summed E-state index contributed by atoms with van der Waals surface area (Å²) < 4.78 is 106. The lowest BCUT2D eigenvalue weighted by Crippen LogP contribution is -2.50. The van der Waals surface area contributed by atoms with Crippen LogP contribution in [0.1, 0.15) is 37.6 Å². The van der Waals surface area contributed by atoms with E-state index in [9.17, 15) is 30.0 Å². The number of aromatic nitrogens is 3. The summed E-state index contributed by atoms with van der Waals surface area (Å²) in [6.07, 6.45) is 2.32. The number of morpholine rings is 1. The van der Waals surface area contributed by atoms with Gasteiger partial charge in [-0.25, -0.2) is 21.6 Å². The zero-order valence-corrected chi connectivity index (χ0v) is 39.0. The Kier molecular flexibility index (Phi) is 14.8. The number of anilines is 2. The van der Waals surface area contributed by atoms with Gasteiger partial charge in [0.15, 0.2) is 0 Å². The van der Waals surface area contributed by atoms with Gasteiger partial charge in [-0.05, 0) is 85.3 Å². The van der Waals surface area contributed by atoms with Crippen LogP contribution >= 0.6 is 23.4 Å². The third-order valence-electron chi connectivity index (χ3n) is 12.4. The Morgan fingerprint density at radius 1 is 0.892 bits per heavy atom. The first-order valence-electron chi connectivity index (χ1n) is 21.6. The molecule has 0 aliphatic carbocycles. The maximum atomic E-state index is 14.3. The summed E-state index contributed by atoms with van der Waals surface area (Å²) in [5.41, 5.74) is -2.51. The molecule has 0 saturated carbocycles. The minimum atomic E-state index is -6.00. The summed E-state index contributed by atoms with van der Waals surface area (Å²) in [7, 11) is -10.6. The van der Waals surface area contributed by atoms with E-state index in [1.165, 1.54) is 22.9 Å². The van der Waals surface area contributed by atoms with Gasteiger partial charge in [-0.1, -0.05) is 66.2 Å². The highest BCUT2D eigenvalue weighted by molar-refractivity contribution is 7.99. The lowest BCUT2D eigenvalue weighted by Gasteiger charge is -2.43. The SMILES string of the molecule is C[C@H]1C[C@@H](N2CCn3c(nnc3NS(=O)(=O)c3ccc(N[C@H](CCN4CCOCC4)CSc4ccccc4)c(S(=O)(=O)C(F)(F)F)c3)C2)CCN1Cc1ccccc1-c1ccc(Cl)cc1. The van der Waals surface area contributed by atoms with Crippen molar-refractivity contribution in [1.29, 1.82) is 0 Å². The van der Waals surface area contributed by atoms with E-state index in [4.69, 9.17) is 16.3 Å². The third kappa shape index (κ3) is 11.3. The van der Waals surface area contributed by atoms with Gasteiger partial charge in [0.2, 0.25) is 5.95 Å². The van der Waals surface area contributed by atoms with Crippen LogP contribution < -0.4 is 10.0 Å². The van der Waals surface area contributed by atoms with Crippen LogP contribution in [0.3, 0.4) is 0 Å². The summed E-state index contributed by atoms with van der Waals surface area (Å²) in [5, 5.41) is 12.2. The molecule has 2 saturated heterocycles. The summed E-state index contributed by atoms with van der Waals surface area (Å²) >= 11 is 7.63. The number of nitrogens with one attached hydrogen (secondary N) is 2. The highest BCUT2D eigenvalue weighted by Gasteiger charge is 2.48. The van der Waals surface area contributed by atoms with Gasteiger partial charge in [0.1, 0.15) is 10.7 Å². The Morgan fingerprint density at radius 3 is 2.37 bits per heavy atom. The predicted octanol–water partition coefficient (Wildman–Crippen LogP) is 7.86. The molecule has 8 rings (SSSR count). The summed E-state index contributed by atoms with van der Waals surface area (Å²) in [4.78, 5) is 6.10. The number of hydrogen-bond donors (Lipinski definition) is 2. The van der Waals surface area contributed by atoms with Gasteiger partial charge in [-0.15, -0.1) is 22.0 Å². The van der Waals surface area contributed by atoms with Gasteiger partial charge < -0.3 is 10.1 Å². The number of likely N-dealkylation sites (tertiary alicyclic amines) is 1. The molecule has 0 unspecified atom stereocenters. The van der Waals surface area contributed by atoms with Gasteiger partial charge in [-0.3, -0.25) is 19.3 Å². The van der Waals surface area contributed by atoms with Crippen molar-refractivity contribution in [1.82, 2.24) is 29.5 Å². The Balaban J connectivity index is 0.946. The van der Waals surface area contributed by atoms with E-state index in [2.05, 4.69) is 60.1 Å². The quantitative estimate of drug-likeness (QED) is 0.0931. The second kappa shape index (κ2) is 20.3. The molecule has 2 N–H and O–H groups in total. The molecule has 65 heavy (non-hydrogen) atoms. The fourth-order valence-corrected chi connectivity index (χ4v) is 11.9.